The molecule has 0 aromatic rings. The van der Waals surface area contributed by atoms with Gasteiger partial charge in [-0.15, -0.1) is 12.4 Å². The summed E-state index contributed by atoms with van der Waals surface area (Å²) in [7, 11) is 0. The largest absolute Gasteiger partial charge is 0.352 e. The lowest BCUT2D eigenvalue weighted by molar-refractivity contribution is -0.126. The van der Waals surface area contributed by atoms with E-state index in [4.69, 9.17) is 0 Å². The van der Waals surface area contributed by atoms with Gasteiger partial charge in [0, 0.05) is 19.1 Å². The zero-order chi connectivity index (χ0) is 13.0. The topological polar surface area (TPSA) is 44.4 Å². The van der Waals surface area contributed by atoms with Crippen molar-refractivity contribution in [3.63, 3.8) is 0 Å². The van der Waals surface area contributed by atoms with E-state index in [0.29, 0.717) is 5.92 Å². The Bertz CT molecular complexity index is 282. The molecule has 0 aromatic carbocycles. The van der Waals surface area contributed by atoms with Crippen molar-refractivity contribution in [1.82, 2.24) is 15.5 Å². The van der Waals surface area contributed by atoms with Gasteiger partial charge in [-0.25, -0.2) is 0 Å². The fourth-order valence-electron chi connectivity index (χ4n) is 3.09. The van der Waals surface area contributed by atoms with Gasteiger partial charge >= 0.3 is 0 Å². The van der Waals surface area contributed by atoms with Crippen LogP contribution in [0.25, 0.3) is 0 Å². The lowest BCUT2D eigenvalue weighted by atomic mass is 9.97. The number of nitrogens with one attached hydrogen (secondary N) is 2. The Morgan fingerprint density at radius 1 is 1.32 bits per heavy atom. The number of piperidine rings is 1. The van der Waals surface area contributed by atoms with Crippen LogP contribution in [0.3, 0.4) is 0 Å². The van der Waals surface area contributed by atoms with Crippen LogP contribution < -0.4 is 10.6 Å². The molecule has 2 saturated heterocycles. The van der Waals surface area contributed by atoms with Crippen molar-refractivity contribution in [2.24, 2.45) is 11.8 Å². The molecule has 2 N–H and O–H groups in total. The van der Waals surface area contributed by atoms with Gasteiger partial charge in [-0.2, -0.15) is 0 Å². The average molecular weight is 290 g/mol. The maximum atomic E-state index is 12.1. The lowest BCUT2D eigenvalue weighted by Gasteiger charge is -2.30. The molecule has 2 rings (SSSR count). The Morgan fingerprint density at radius 3 is 2.58 bits per heavy atom. The minimum Gasteiger partial charge on any atom is -0.352 e. The predicted octanol–water partition coefficient (Wildman–Crippen LogP) is 1.25. The molecule has 3 atom stereocenters. The van der Waals surface area contributed by atoms with E-state index in [-0.39, 0.29) is 30.3 Å². The normalized spacial score (nSPS) is 29.6. The Morgan fingerprint density at radius 2 is 2.00 bits per heavy atom. The molecule has 5 heteroatoms. The first-order valence-corrected chi connectivity index (χ1v) is 7.40. The van der Waals surface area contributed by atoms with E-state index in [1.165, 1.54) is 32.4 Å². The molecule has 1 unspecified atom stereocenters. The van der Waals surface area contributed by atoms with E-state index in [9.17, 15) is 4.79 Å². The fraction of sp³-hybridized carbons (Fsp3) is 0.929. The maximum Gasteiger partial charge on any atom is 0.224 e. The first-order valence-electron chi connectivity index (χ1n) is 7.40. The van der Waals surface area contributed by atoms with Crippen LogP contribution in [0.5, 0.6) is 0 Å². The quantitative estimate of drug-likeness (QED) is 0.819. The van der Waals surface area contributed by atoms with Gasteiger partial charge in [0.15, 0.2) is 0 Å². The summed E-state index contributed by atoms with van der Waals surface area (Å²) in [6.07, 6.45) is 3.98. The van der Waals surface area contributed by atoms with Crippen molar-refractivity contribution in [2.75, 3.05) is 32.7 Å². The lowest BCUT2D eigenvalue weighted by Crippen LogP contribution is -2.46. The SMILES string of the molecule is CC(CN1CCCCC1)NC(=O)[C@@H]1CNC[C@H]1C.Cl. The Balaban J connectivity index is 0.00000180. The van der Waals surface area contributed by atoms with Crippen molar-refractivity contribution in [3.8, 4) is 0 Å². The molecule has 2 aliphatic rings. The minimum absolute atomic E-state index is 0. The number of halogens is 1. The summed E-state index contributed by atoms with van der Waals surface area (Å²) in [6.45, 7) is 9.48. The van der Waals surface area contributed by atoms with Gasteiger partial charge in [0.2, 0.25) is 5.91 Å². The highest BCUT2D eigenvalue weighted by atomic mass is 35.5. The van der Waals surface area contributed by atoms with Crippen LogP contribution in [0.2, 0.25) is 0 Å². The molecule has 19 heavy (non-hydrogen) atoms. The maximum absolute atomic E-state index is 12.1. The molecular weight excluding hydrogens is 262 g/mol. The Kier molecular flexibility index (Phi) is 7.11. The second-order valence-corrected chi connectivity index (χ2v) is 6.01. The van der Waals surface area contributed by atoms with Crippen LogP contribution in [-0.4, -0.2) is 49.6 Å². The summed E-state index contributed by atoms with van der Waals surface area (Å²) in [6, 6.07) is 0.267. The van der Waals surface area contributed by atoms with Gasteiger partial charge in [-0.1, -0.05) is 13.3 Å². The summed E-state index contributed by atoms with van der Waals surface area (Å²) in [5.41, 5.74) is 0. The van der Waals surface area contributed by atoms with Gasteiger partial charge in [0.05, 0.1) is 5.92 Å². The van der Waals surface area contributed by atoms with Crippen molar-refractivity contribution < 1.29 is 4.79 Å². The summed E-state index contributed by atoms with van der Waals surface area (Å²) in [4.78, 5) is 14.6. The summed E-state index contributed by atoms with van der Waals surface area (Å²) >= 11 is 0. The van der Waals surface area contributed by atoms with Gasteiger partial charge in [-0.05, 0) is 45.3 Å². The standard InChI is InChI=1S/C14H27N3O.ClH/c1-11-8-15-9-13(11)14(18)16-12(2)10-17-6-4-3-5-7-17;/h11-13,15H,3-10H2,1-2H3,(H,16,18);1H/t11-,12?,13-;/m1./s1. The van der Waals surface area contributed by atoms with Crippen molar-refractivity contribution in [1.29, 1.82) is 0 Å². The third kappa shape index (κ3) is 4.93. The molecule has 4 nitrogen and oxygen atoms in total. The number of hydrogen-bond acceptors (Lipinski definition) is 3. The molecule has 0 aromatic heterocycles. The number of likely N-dealkylation sites (tertiary alicyclic amines) is 1. The highest BCUT2D eigenvalue weighted by Crippen LogP contribution is 2.16. The molecule has 0 aliphatic carbocycles. The van der Waals surface area contributed by atoms with E-state index in [2.05, 4.69) is 29.4 Å². The average Bonchev–Trinajstić information content (AvgIpc) is 2.76. The predicted molar refractivity (Wildman–Crippen MR) is 80.7 cm³/mol. The van der Waals surface area contributed by atoms with Crippen molar-refractivity contribution >= 4 is 18.3 Å². The van der Waals surface area contributed by atoms with E-state index in [1.54, 1.807) is 0 Å². The van der Waals surface area contributed by atoms with E-state index in [1.807, 2.05) is 0 Å². The molecule has 0 saturated carbocycles. The number of amides is 1. The highest BCUT2D eigenvalue weighted by Gasteiger charge is 2.30. The second-order valence-electron chi connectivity index (χ2n) is 6.01. The fourth-order valence-corrected chi connectivity index (χ4v) is 3.09. The summed E-state index contributed by atoms with van der Waals surface area (Å²) < 4.78 is 0. The molecule has 1 amide bonds. The van der Waals surface area contributed by atoms with Crippen LogP contribution in [0.1, 0.15) is 33.1 Å². The highest BCUT2D eigenvalue weighted by molar-refractivity contribution is 5.85. The molecule has 2 aliphatic heterocycles. The molecule has 0 spiro atoms. The first kappa shape index (κ1) is 16.7. The van der Waals surface area contributed by atoms with E-state index < -0.39 is 0 Å². The smallest absolute Gasteiger partial charge is 0.224 e. The minimum atomic E-state index is 0. The summed E-state index contributed by atoms with van der Waals surface area (Å²) in [5, 5.41) is 6.47. The van der Waals surface area contributed by atoms with Crippen molar-refractivity contribution in [2.45, 2.75) is 39.2 Å². The molecule has 112 valence electrons. The second kappa shape index (κ2) is 8.08. The van der Waals surface area contributed by atoms with Crippen LogP contribution in [-0.2, 0) is 4.79 Å². The number of hydrogen-bond donors (Lipinski definition) is 2. The Hall–Kier alpha value is -0.320. The third-order valence-corrected chi connectivity index (χ3v) is 4.22. The molecule has 2 heterocycles. The number of carbonyl (C=O) groups is 1. The zero-order valence-corrected chi connectivity index (χ0v) is 13.0. The van der Waals surface area contributed by atoms with Gasteiger partial charge < -0.3 is 15.5 Å². The zero-order valence-electron chi connectivity index (χ0n) is 12.2. The molecular formula is C14H28ClN3O. The van der Waals surface area contributed by atoms with Crippen LogP contribution >= 0.6 is 12.4 Å². The van der Waals surface area contributed by atoms with Gasteiger partial charge in [-0.3, -0.25) is 4.79 Å². The number of nitrogens with zero attached hydrogens (tertiary/aromatic N) is 1. The van der Waals surface area contributed by atoms with E-state index >= 15 is 0 Å². The summed E-state index contributed by atoms with van der Waals surface area (Å²) in [5.74, 6) is 0.859. The first-order chi connectivity index (χ1) is 8.66. The molecule has 2 fully saturated rings. The van der Waals surface area contributed by atoms with Crippen LogP contribution in [0, 0.1) is 11.8 Å². The van der Waals surface area contributed by atoms with E-state index in [0.717, 1.165) is 19.6 Å². The number of rotatable bonds is 4. The molecule has 0 radical (unpaired) electrons. The third-order valence-electron chi connectivity index (χ3n) is 4.22. The molecule has 0 bridgehead atoms. The van der Waals surface area contributed by atoms with Gasteiger partial charge in [0.25, 0.3) is 0 Å². The Labute approximate surface area is 123 Å². The van der Waals surface area contributed by atoms with Crippen LogP contribution in [0.15, 0.2) is 0 Å². The number of carbonyl (C=O) groups excluding carboxylic acids is 1. The van der Waals surface area contributed by atoms with Crippen molar-refractivity contribution in [3.05, 3.63) is 0 Å². The monoisotopic (exact) mass is 289 g/mol. The van der Waals surface area contributed by atoms with Gasteiger partial charge in [0.1, 0.15) is 0 Å². The van der Waals surface area contributed by atoms with Crippen LogP contribution in [0.4, 0.5) is 0 Å².